The van der Waals surface area contributed by atoms with E-state index < -0.39 is 0 Å². The number of rotatable bonds is 4. The summed E-state index contributed by atoms with van der Waals surface area (Å²) in [6.07, 6.45) is 0. The molecule has 3 rings (SSSR count). The Bertz CT molecular complexity index is 763. The van der Waals surface area contributed by atoms with Crippen molar-refractivity contribution in [3.8, 4) is 11.5 Å². The first kappa shape index (κ1) is 14.4. The van der Waals surface area contributed by atoms with E-state index >= 15 is 0 Å². The number of ether oxygens (including phenoxy) is 1. The number of hydrogen-bond donors (Lipinski definition) is 1. The predicted molar refractivity (Wildman–Crippen MR) is 90.0 cm³/mol. The molecule has 0 saturated carbocycles. The number of benzene rings is 2. The van der Waals surface area contributed by atoms with Gasteiger partial charge in [0.15, 0.2) is 0 Å². The Hall–Kier alpha value is -2.59. The summed E-state index contributed by atoms with van der Waals surface area (Å²) in [6.45, 7) is 1.98. The summed E-state index contributed by atoms with van der Waals surface area (Å²) in [6, 6.07) is 20.7. The summed E-state index contributed by atoms with van der Waals surface area (Å²) in [4.78, 5) is 13.9. The summed E-state index contributed by atoms with van der Waals surface area (Å²) in [5.74, 6) is 1.43. The second-order valence-corrected chi connectivity index (χ2v) is 6.09. The molecular formula is C18H15NO2S. The standard InChI is InChI=1S/C18H15NO2S/c1-13-7-12-17(22-13)18(20)19-14-8-10-16(11-9-14)21-15-5-3-2-4-6-15/h2-12H,1H3,(H,19,20). The largest absolute Gasteiger partial charge is 0.457 e. The fraction of sp³-hybridized carbons (Fsp3) is 0.0556. The summed E-state index contributed by atoms with van der Waals surface area (Å²) in [5, 5.41) is 2.88. The van der Waals surface area contributed by atoms with E-state index in [0.717, 1.165) is 22.1 Å². The van der Waals surface area contributed by atoms with Gasteiger partial charge in [0.1, 0.15) is 11.5 Å². The molecule has 110 valence electrons. The molecule has 0 saturated heterocycles. The molecule has 0 aliphatic carbocycles. The van der Waals surface area contributed by atoms with Crippen LogP contribution in [0.4, 0.5) is 5.69 Å². The minimum absolute atomic E-state index is 0.0881. The van der Waals surface area contributed by atoms with E-state index in [2.05, 4.69) is 5.32 Å². The van der Waals surface area contributed by atoms with E-state index in [1.807, 2.05) is 73.7 Å². The molecule has 0 radical (unpaired) electrons. The molecule has 0 spiro atoms. The summed E-state index contributed by atoms with van der Waals surface area (Å²) >= 11 is 1.48. The fourth-order valence-corrected chi connectivity index (χ4v) is 2.74. The number of nitrogens with one attached hydrogen (secondary N) is 1. The Morgan fingerprint density at radius 1 is 0.909 bits per heavy atom. The molecule has 0 aliphatic rings. The maximum absolute atomic E-state index is 12.1. The maximum atomic E-state index is 12.1. The smallest absolute Gasteiger partial charge is 0.265 e. The van der Waals surface area contributed by atoms with Crippen LogP contribution in [0.5, 0.6) is 11.5 Å². The van der Waals surface area contributed by atoms with Gasteiger partial charge in [-0.25, -0.2) is 0 Å². The molecule has 22 heavy (non-hydrogen) atoms. The van der Waals surface area contributed by atoms with Gasteiger partial charge in [-0.05, 0) is 55.5 Å². The van der Waals surface area contributed by atoms with Crippen LogP contribution >= 0.6 is 11.3 Å². The number of hydrogen-bond acceptors (Lipinski definition) is 3. The van der Waals surface area contributed by atoms with E-state index in [4.69, 9.17) is 4.74 Å². The van der Waals surface area contributed by atoms with Gasteiger partial charge in [-0.1, -0.05) is 18.2 Å². The number of para-hydroxylation sites is 1. The first-order valence-electron chi connectivity index (χ1n) is 6.91. The van der Waals surface area contributed by atoms with Crippen molar-refractivity contribution in [3.63, 3.8) is 0 Å². The average Bonchev–Trinajstić information content (AvgIpc) is 2.97. The van der Waals surface area contributed by atoms with Gasteiger partial charge in [-0.2, -0.15) is 0 Å². The first-order chi connectivity index (χ1) is 10.7. The summed E-state index contributed by atoms with van der Waals surface area (Å²) < 4.78 is 5.72. The molecule has 3 aromatic rings. The summed E-state index contributed by atoms with van der Waals surface area (Å²) in [5.41, 5.74) is 0.747. The van der Waals surface area contributed by atoms with E-state index in [-0.39, 0.29) is 5.91 Å². The van der Waals surface area contributed by atoms with Crippen molar-refractivity contribution in [1.82, 2.24) is 0 Å². The number of aryl methyl sites for hydroxylation is 1. The molecule has 1 amide bonds. The third-order valence-electron chi connectivity index (χ3n) is 3.06. The topological polar surface area (TPSA) is 38.3 Å². The lowest BCUT2D eigenvalue weighted by molar-refractivity contribution is 0.103. The van der Waals surface area contributed by atoms with Crippen molar-refractivity contribution in [1.29, 1.82) is 0 Å². The molecule has 0 bridgehead atoms. The van der Waals surface area contributed by atoms with Crippen molar-refractivity contribution in [3.05, 3.63) is 76.5 Å². The van der Waals surface area contributed by atoms with Crippen LogP contribution in [-0.2, 0) is 0 Å². The highest BCUT2D eigenvalue weighted by Gasteiger charge is 2.08. The van der Waals surface area contributed by atoms with Gasteiger partial charge in [-0.15, -0.1) is 11.3 Å². The lowest BCUT2D eigenvalue weighted by Gasteiger charge is -2.07. The third kappa shape index (κ3) is 3.54. The van der Waals surface area contributed by atoms with Crippen LogP contribution in [0, 0.1) is 6.92 Å². The Balaban J connectivity index is 1.65. The van der Waals surface area contributed by atoms with Gasteiger partial charge in [0.2, 0.25) is 0 Å². The van der Waals surface area contributed by atoms with E-state index in [1.54, 1.807) is 0 Å². The molecule has 4 heteroatoms. The van der Waals surface area contributed by atoms with Crippen LogP contribution in [0.15, 0.2) is 66.7 Å². The van der Waals surface area contributed by atoms with Crippen molar-refractivity contribution in [2.24, 2.45) is 0 Å². The normalized spacial score (nSPS) is 10.2. The van der Waals surface area contributed by atoms with Gasteiger partial charge in [-0.3, -0.25) is 4.79 Å². The lowest BCUT2D eigenvalue weighted by Crippen LogP contribution is -2.09. The average molecular weight is 309 g/mol. The molecular weight excluding hydrogens is 294 g/mol. The van der Waals surface area contributed by atoms with E-state index in [9.17, 15) is 4.79 Å². The minimum Gasteiger partial charge on any atom is -0.457 e. The van der Waals surface area contributed by atoms with Crippen molar-refractivity contribution in [2.45, 2.75) is 6.92 Å². The van der Waals surface area contributed by atoms with Gasteiger partial charge in [0.25, 0.3) is 5.91 Å². The Kier molecular flexibility index (Phi) is 4.21. The van der Waals surface area contributed by atoms with Crippen molar-refractivity contribution >= 4 is 22.9 Å². The highest BCUT2D eigenvalue weighted by molar-refractivity contribution is 7.14. The Morgan fingerprint density at radius 2 is 1.59 bits per heavy atom. The Morgan fingerprint density at radius 3 is 2.23 bits per heavy atom. The fourth-order valence-electron chi connectivity index (χ4n) is 1.98. The molecule has 3 nitrogen and oxygen atoms in total. The molecule has 0 fully saturated rings. The molecule has 2 aromatic carbocycles. The zero-order chi connectivity index (χ0) is 15.4. The molecule has 0 aliphatic heterocycles. The molecule has 1 aromatic heterocycles. The minimum atomic E-state index is -0.0881. The number of thiophene rings is 1. The molecule has 1 heterocycles. The maximum Gasteiger partial charge on any atom is 0.265 e. The van der Waals surface area contributed by atoms with Gasteiger partial charge in [0, 0.05) is 10.6 Å². The van der Waals surface area contributed by atoms with Gasteiger partial charge in [0.05, 0.1) is 4.88 Å². The number of carbonyl (C=O) groups is 1. The van der Waals surface area contributed by atoms with Crippen LogP contribution in [0.3, 0.4) is 0 Å². The third-order valence-corrected chi connectivity index (χ3v) is 4.05. The number of carbonyl (C=O) groups excluding carboxylic acids is 1. The quantitative estimate of drug-likeness (QED) is 0.728. The first-order valence-corrected chi connectivity index (χ1v) is 7.73. The zero-order valence-corrected chi connectivity index (χ0v) is 12.9. The van der Waals surface area contributed by atoms with Crippen LogP contribution in [-0.4, -0.2) is 5.91 Å². The van der Waals surface area contributed by atoms with Crippen LogP contribution in [0.1, 0.15) is 14.5 Å². The van der Waals surface area contributed by atoms with Gasteiger partial charge >= 0.3 is 0 Å². The predicted octanol–water partition coefficient (Wildman–Crippen LogP) is 5.10. The zero-order valence-electron chi connectivity index (χ0n) is 12.1. The SMILES string of the molecule is Cc1ccc(C(=O)Nc2ccc(Oc3ccccc3)cc2)s1. The monoisotopic (exact) mass is 309 g/mol. The van der Waals surface area contributed by atoms with Crippen LogP contribution in [0.25, 0.3) is 0 Å². The molecule has 1 N–H and O–H groups in total. The molecule has 0 atom stereocenters. The van der Waals surface area contributed by atoms with E-state index in [0.29, 0.717) is 4.88 Å². The van der Waals surface area contributed by atoms with Crippen molar-refractivity contribution < 1.29 is 9.53 Å². The van der Waals surface area contributed by atoms with E-state index in [1.165, 1.54) is 11.3 Å². The highest BCUT2D eigenvalue weighted by Crippen LogP contribution is 2.23. The second-order valence-electron chi connectivity index (χ2n) is 4.80. The highest BCUT2D eigenvalue weighted by atomic mass is 32.1. The van der Waals surface area contributed by atoms with Crippen LogP contribution in [0.2, 0.25) is 0 Å². The number of anilines is 1. The van der Waals surface area contributed by atoms with Crippen LogP contribution < -0.4 is 10.1 Å². The number of amides is 1. The van der Waals surface area contributed by atoms with Crippen molar-refractivity contribution in [2.75, 3.05) is 5.32 Å². The second kappa shape index (κ2) is 6.45. The Labute approximate surface area is 133 Å². The molecule has 0 unspecified atom stereocenters. The lowest BCUT2D eigenvalue weighted by atomic mass is 10.3. The van der Waals surface area contributed by atoms with Gasteiger partial charge < -0.3 is 10.1 Å². The summed E-state index contributed by atoms with van der Waals surface area (Å²) in [7, 11) is 0.